The first kappa shape index (κ1) is 19.8. The molecule has 30 heavy (non-hydrogen) atoms. The number of carbonyl (C=O) groups excluding carboxylic acids is 1. The van der Waals surface area contributed by atoms with Crippen LogP contribution >= 0.6 is 0 Å². The van der Waals surface area contributed by atoms with Gasteiger partial charge in [-0.15, -0.1) is 0 Å². The highest BCUT2D eigenvalue weighted by molar-refractivity contribution is 6.03. The van der Waals surface area contributed by atoms with Crippen molar-refractivity contribution >= 4 is 17.7 Å². The van der Waals surface area contributed by atoms with E-state index < -0.39 is 0 Å². The summed E-state index contributed by atoms with van der Waals surface area (Å²) in [4.78, 5) is 14.7. The number of anilines is 1. The number of hydrogen-bond acceptors (Lipinski definition) is 2. The Bertz CT molecular complexity index is 1040. The van der Waals surface area contributed by atoms with Crippen LogP contribution in [0, 0.1) is 17.6 Å². The van der Waals surface area contributed by atoms with Crippen LogP contribution < -0.4 is 9.64 Å². The van der Waals surface area contributed by atoms with Crippen LogP contribution in [0.25, 0.3) is 6.08 Å². The second kappa shape index (κ2) is 8.49. The molecule has 0 N–H and O–H groups in total. The van der Waals surface area contributed by atoms with Crippen LogP contribution in [0.3, 0.4) is 0 Å². The fourth-order valence-corrected chi connectivity index (χ4v) is 3.77. The summed E-state index contributed by atoms with van der Waals surface area (Å²) in [5.41, 5.74) is 2.53. The molecule has 0 aliphatic carbocycles. The van der Waals surface area contributed by atoms with Gasteiger partial charge in [0.2, 0.25) is 5.91 Å². The number of benzene rings is 3. The van der Waals surface area contributed by atoms with Crippen molar-refractivity contribution in [2.24, 2.45) is 5.92 Å². The molecular weight excluding hydrogens is 384 g/mol. The fraction of sp³-hybridized carbons (Fsp3) is 0.160. The van der Waals surface area contributed by atoms with Gasteiger partial charge in [0.05, 0.1) is 19.1 Å². The highest BCUT2D eigenvalue weighted by Gasteiger charge is 2.47. The third kappa shape index (κ3) is 3.96. The van der Waals surface area contributed by atoms with Crippen LogP contribution in [0.15, 0.2) is 78.9 Å². The normalized spacial score (nSPS) is 18.5. The number of allylic oxidation sites excluding steroid dienone is 1. The zero-order valence-electron chi connectivity index (χ0n) is 16.5. The molecule has 0 spiro atoms. The molecule has 0 saturated carbocycles. The molecule has 4 rings (SSSR count). The second-order valence-electron chi connectivity index (χ2n) is 7.20. The van der Waals surface area contributed by atoms with Crippen molar-refractivity contribution in [3.63, 3.8) is 0 Å². The fourth-order valence-electron chi connectivity index (χ4n) is 3.77. The van der Waals surface area contributed by atoms with Crippen molar-refractivity contribution < 1.29 is 18.3 Å². The van der Waals surface area contributed by atoms with Crippen LogP contribution in [-0.2, 0) is 4.79 Å². The molecular formula is C25H21F2NO2. The molecule has 5 heteroatoms. The number of methoxy groups -OCH3 is 1. The third-order valence-corrected chi connectivity index (χ3v) is 5.35. The summed E-state index contributed by atoms with van der Waals surface area (Å²) < 4.78 is 31.7. The van der Waals surface area contributed by atoms with Crippen molar-refractivity contribution in [2.75, 3.05) is 12.0 Å². The highest BCUT2D eigenvalue weighted by atomic mass is 19.1. The Morgan fingerprint density at radius 2 is 1.50 bits per heavy atom. The van der Waals surface area contributed by atoms with E-state index >= 15 is 0 Å². The van der Waals surface area contributed by atoms with Crippen LogP contribution in [0.1, 0.15) is 23.6 Å². The number of hydrogen-bond donors (Lipinski definition) is 0. The van der Waals surface area contributed by atoms with Gasteiger partial charge in [0.15, 0.2) is 0 Å². The summed E-state index contributed by atoms with van der Waals surface area (Å²) >= 11 is 0. The first-order valence-electron chi connectivity index (χ1n) is 9.71. The van der Waals surface area contributed by atoms with Crippen LogP contribution in [0.4, 0.5) is 14.5 Å². The first-order valence-corrected chi connectivity index (χ1v) is 9.71. The van der Waals surface area contributed by atoms with E-state index in [4.69, 9.17) is 4.74 Å². The molecule has 152 valence electrons. The monoisotopic (exact) mass is 405 g/mol. The van der Waals surface area contributed by atoms with Crippen molar-refractivity contribution in [1.29, 1.82) is 0 Å². The Morgan fingerprint density at radius 1 is 0.900 bits per heavy atom. The van der Waals surface area contributed by atoms with Crippen LogP contribution in [0.5, 0.6) is 5.75 Å². The zero-order valence-corrected chi connectivity index (χ0v) is 16.5. The van der Waals surface area contributed by atoms with Gasteiger partial charge in [0, 0.05) is 5.69 Å². The maximum absolute atomic E-state index is 13.4. The molecule has 1 saturated heterocycles. The topological polar surface area (TPSA) is 29.5 Å². The van der Waals surface area contributed by atoms with Gasteiger partial charge in [-0.25, -0.2) is 8.78 Å². The number of β-lactam (4-membered cyclic amide) rings is 1. The minimum Gasteiger partial charge on any atom is -0.497 e. The lowest BCUT2D eigenvalue weighted by Crippen LogP contribution is -2.55. The Labute approximate surface area is 174 Å². The molecule has 0 bridgehead atoms. The first-order chi connectivity index (χ1) is 14.6. The molecule has 0 radical (unpaired) electrons. The summed E-state index contributed by atoms with van der Waals surface area (Å²) in [7, 11) is 1.61. The van der Waals surface area contributed by atoms with E-state index in [-0.39, 0.29) is 29.5 Å². The lowest BCUT2D eigenvalue weighted by molar-refractivity contribution is -0.130. The molecule has 1 heterocycles. The maximum atomic E-state index is 13.4. The Hall–Kier alpha value is -3.47. The van der Waals surface area contributed by atoms with Gasteiger partial charge < -0.3 is 9.64 Å². The predicted octanol–water partition coefficient (Wildman–Crippen LogP) is 5.78. The van der Waals surface area contributed by atoms with E-state index in [9.17, 15) is 13.6 Å². The van der Waals surface area contributed by atoms with E-state index in [1.165, 1.54) is 24.3 Å². The van der Waals surface area contributed by atoms with E-state index in [2.05, 4.69) is 0 Å². The summed E-state index contributed by atoms with van der Waals surface area (Å²) in [6.07, 6.45) is 4.37. The molecule has 1 aliphatic heterocycles. The number of nitrogens with zero attached hydrogens (tertiary/aromatic N) is 1. The molecule has 1 amide bonds. The Kier molecular flexibility index (Phi) is 5.61. The van der Waals surface area contributed by atoms with Crippen molar-refractivity contribution in [1.82, 2.24) is 0 Å². The zero-order chi connectivity index (χ0) is 21.1. The molecule has 3 aromatic carbocycles. The number of ether oxygens (including phenoxy) is 1. The molecule has 3 aromatic rings. The van der Waals surface area contributed by atoms with Gasteiger partial charge >= 0.3 is 0 Å². The van der Waals surface area contributed by atoms with Crippen molar-refractivity contribution in [3.05, 3.63) is 102 Å². The minimum atomic E-state index is -0.341. The standard InChI is InChI=1S/C25H21F2NO2/c1-30-22-15-7-18(8-16-22)24-23(4-2-3-17-5-9-19(26)10-6-17)25(29)28(24)21-13-11-20(27)12-14-21/h2-3,5-16,23-24H,4H2,1H3/b3-2+/t23-,24-/m1/s1. The van der Waals surface area contributed by atoms with E-state index in [1.807, 2.05) is 36.4 Å². The van der Waals surface area contributed by atoms with Gasteiger partial charge in [-0.05, 0) is 66.1 Å². The SMILES string of the molecule is COc1ccc([C@@H]2[C@@H](C/C=C/c3ccc(F)cc3)C(=O)N2c2ccc(F)cc2)cc1. The predicted molar refractivity (Wildman–Crippen MR) is 113 cm³/mol. The summed E-state index contributed by atoms with van der Waals surface area (Å²) in [6.45, 7) is 0. The second-order valence-corrected chi connectivity index (χ2v) is 7.20. The molecule has 0 unspecified atom stereocenters. The van der Waals surface area contributed by atoms with E-state index in [0.29, 0.717) is 12.1 Å². The third-order valence-electron chi connectivity index (χ3n) is 5.35. The average Bonchev–Trinajstić information content (AvgIpc) is 2.77. The Balaban J connectivity index is 1.58. The van der Waals surface area contributed by atoms with Crippen LogP contribution in [0.2, 0.25) is 0 Å². The quantitative estimate of drug-likeness (QED) is 0.487. The van der Waals surface area contributed by atoms with E-state index in [0.717, 1.165) is 16.9 Å². The molecule has 1 fully saturated rings. The smallest absolute Gasteiger partial charge is 0.233 e. The Morgan fingerprint density at radius 3 is 2.10 bits per heavy atom. The molecule has 2 atom stereocenters. The lowest BCUT2D eigenvalue weighted by Gasteiger charge is -2.47. The average molecular weight is 405 g/mol. The van der Waals surface area contributed by atoms with Crippen molar-refractivity contribution in [2.45, 2.75) is 12.5 Å². The minimum absolute atomic E-state index is 0.00816. The summed E-state index contributed by atoms with van der Waals surface area (Å²) in [5.74, 6) is -0.126. The maximum Gasteiger partial charge on any atom is 0.233 e. The van der Waals surface area contributed by atoms with Crippen LogP contribution in [-0.4, -0.2) is 13.0 Å². The summed E-state index contributed by atoms with van der Waals surface area (Å²) in [6, 6.07) is 19.6. The van der Waals surface area contributed by atoms with Gasteiger partial charge in [0.1, 0.15) is 17.4 Å². The van der Waals surface area contributed by atoms with Gasteiger partial charge in [-0.2, -0.15) is 0 Å². The van der Waals surface area contributed by atoms with Gasteiger partial charge in [-0.1, -0.05) is 36.4 Å². The summed E-state index contributed by atoms with van der Waals surface area (Å²) in [5, 5.41) is 0. The molecule has 3 nitrogen and oxygen atoms in total. The number of carbonyl (C=O) groups is 1. The molecule has 1 aliphatic rings. The number of rotatable bonds is 6. The molecule has 0 aromatic heterocycles. The number of amides is 1. The van der Waals surface area contributed by atoms with Gasteiger partial charge in [-0.3, -0.25) is 4.79 Å². The van der Waals surface area contributed by atoms with Gasteiger partial charge in [0.25, 0.3) is 0 Å². The highest BCUT2D eigenvalue weighted by Crippen LogP contribution is 2.45. The lowest BCUT2D eigenvalue weighted by atomic mass is 9.79. The van der Waals surface area contributed by atoms with Crippen molar-refractivity contribution in [3.8, 4) is 5.75 Å². The largest absolute Gasteiger partial charge is 0.497 e. The van der Waals surface area contributed by atoms with E-state index in [1.54, 1.807) is 36.3 Å². The number of halogens is 2.